The smallest absolute Gasteiger partial charge is 0.0540 e. The van der Waals surface area contributed by atoms with E-state index in [0.717, 1.165) is 11.4 Å². The SMILES string of the molecule is CC1(C)c2cc(N(c3ccccc3)c3cccc4ccccc34)ccc2-c2cc3c(-c4ccccc4)c4c(c(-c5ccccc5)c3cc21)-c1cccc2cccc-4c12. The zero-order valence-corrected chi connectivity index (χ0v) is 32.5. The second-order valence-electron chi connectivity index (χ2n) is 16.4. The molecule has 0 bridgehead atoms. The lowest BCUT2D eigenvalue weighted by Gasteiger charge is -2.29. The van der Waals surface area contributed by atoms with Gasteiger partial charge in [-0.15, -0.1) is 0 Å². The minimum Gasteiger partial charge on any atom is -0.310 e. The van der Waals surface area contributed by atoms with E-state index in [1.54, 1.807) is 0 Å². The van der Waals surface area contributed by atoms with Crippen molar-refractivity contribution in [1.29, 1.82) is 0 Å². The van der Waals surface area contributed by atoms with Gasteiger partial charge >= 0.3 is 0 Å². The van der Waals surface area contributed by atoms with Crippen molar-refractivity contribution >= 4 is 49.4 Å². The maximum absolute atomic E-state index is 2.56. The fourth-order valence-electron chi connectivity index (χ4n) is 10.4. The van der Waals surface area contributed by atoms with Gasteiger partial charge in [-0.3, -0.25) is 0 Å². The number of para-hydroxylation sites is 1. The van der Waals surface area contributed by atoms with E-state index in [4.69, 9.17) is 0 Å². The number of nitrogens with zero attached hydrogens (tertiary/aromatic N) is 1. The predicted molar refractivity (Wildman–Crippen MR) is 247 cm³/mol. The lowest BCUT2D eigenvalue weighted by molar-refractivity contribution is 0.661. The largest absolute Gasteiger partial charge is 0.310 e. The lowest BCUT2D eigenvalue weighted by Crippen LogP contribution is -2.16. The molecule has 0 unspecified atom stereocenters. The van der Waals surface area contributed by atoms with E-state index in [9.17, 15) is 0 Å². The van der Waals surface area contributed by atoms with Gasteiger partial charge in [-0.1, -0.05) is 172 Å². The highest BCUT2D eigenvalue weighted by Gasteiger charge is 2.38. The molecule has 12 rings (SSSR count). The number of rotatable bonds is 5. The molecule has 58 heavy (non-hydrogen) atoms. The van der Waals surface area contributed by atoms with Crippen LogP contribution in [0, 0.1) is 0 Å². The zero-order valence-electron chi connectivity index (χ0n) is 32.5. The molecule has 0 aromatic heterocycles. The van der Waals surface area contributed by atoms with E-state index >= 15 is 0 Å². The van der Waals surface area contributed by atoms with Gasteiger partial charge in [-0.25, -0.2) is 0 Å². The van der Waals surface area contributed by atoms with Crippen molar-refractivity contribution in [3.63, 3.8) is 0 Å². The molecular formula is C57H39N. The molecule has 10 aromatic carbocycles. The van der Waals surface area contributed by atoms with Crippen LogP contribution in [0.15, 0.2) is 200 Å². The summed E-state index contributed by atoms with van der Waals surface area (Å²) in [5, 5.41) is 7.70. The third kappa shape index (κ3) is 4.65. The molecule has 10 aromatic rings. The molecule has 0 spiro atoms. The first kappa shape index (κ1) is 33.0. The molecule has 1 nitrogen and oxygen atoms in total. The molecule has 0 fully saturated rings. The molecule has 0 saturated heterocycles. The van der Waals surface area contributed by atoms with Crippen LogP contribution in [-0.2, 0) is 5.41 Å². The van der Waals surface area contributed by atoms with Crippen LogP contribution < -0.4 is 4.90 Å². The van der Waals surface area contributed by atoms with Crippen molar-refractivity contribution in [1.82, 2.24) is 0 Å². The van der Waals surface area contributed by atoms with Crippen LogP contribution >= 0.6 is 0 Å². The van der Waals surface area contributed by atoms with E-state index in [2.05, 4.69) is 219 Å². The van der Waals surface area contributed by atoms with E-state index < -0.39 is 0 Å². The average Bonchev–Trinajstić information content (AvgIpc) is 3.71. The highest BCUT2D eigenvalue weighted by molar-refractivity contribution is 6.28. The Bertz CT molecular complexity index is 3280. The Balaban J connectivity index is 1.15. The van der Waals surface area contributed by atoms with Gasteiger partial charge in [0.05, 0.1) is 5.69 Å². The van der Waals surface area contributed by atoms with Crippen LogP contribution in [-0.4, -0.2) is 0 Å². The molecule has 2 aliphatic rings. The first-order valence-electron chi connectivity index (χ1n) is 20.4. The first-order valence-corrected chi connectivity index (χ1v) is 20.4. The van der Waals surface area contributed by atoms with Crippen molar-refractivity contribution in [2.75, 3.05) is 4.90 Å². The second-order valence-corrected chi connectivity index (χ2v) is 16.4. The number of hydrogen-bond acceptors (Lipinski definition) is 1. The lowest BCUT2D eigenvalue weighted by atomic mass is 9.78. The summed E-state index contributed by atoms with van der Waals surface area (Å²) < 4.78 is 0. The maximum atomic E-state index is 2.56. The molecule has 0 radical (unpaired) electrons. The molecule has 1 heteroatoms. The third-order valence-corrected chi connectivity index (χ3v) is 12.9. The zero-order chi connectivity index (χ0) is 38.5. The van der Waals surface area contributed by atoms with Gasteiger partial charge in [-0.2, -0.15) is 0 Å². The Morgan fingerprint density at radius 2 is 0.879 bits per heavy atom. The number of benzene rings is 10. The van der Waals surface area contributed by atoms with Crippen LogP contribution in [0.1, 0.15) is 25.0 Å². The van der Waals surface area contributed by atoms with Gasteiger partial charge in [0, 0.05) is 22.2 Å². The van der Waals surface area contributed by atoms with E-state index in [-0.39, 0.29) is 5.41 Å². The highest BCUT2D eigenvalue weighted by atomic mass is 15.1. The highest BCUT2D eigenvalue weighted by Crippen LogP contribution is 2.60. The van der Waals surface area contributed by atoms with E-state index in [1.165, 1.54) is 105 Å². The van der Waals surface area contributed by atoms with Crippen LogP contribution in [0.3, 0.4) is 0 Å². The third-order valence-electron chi connectivity index (χ3n) is 12.9. The molecule has 0 amide bonds. The minimum absolute atomic E-state index is 0.251. The molecule has 2 aliphatic carbocycles. The molecule has 0 saturated carbocycles. The summed E-state index contributed by atoms with van der Waals surface area (Å²) in [6.07, 6.45) is 0. The van der Waals surface area contributed by atoms with Crippen molar-refractivity contribution in [3.05, 3.63) is 211 Å². The van der Waals surface area contributed by atoms with Crippen LogP contribution in [0.5, 0.6) is 0 Å². The Labute approximate surface area is 339 Å². The van der Waals surface area contributed by atoms with Crippen molar-refractivity contribution in [3.8, 4) is 55.6 Å². The van der Waals surface area contributed by atoms with Gasteiger partial charge in [0.15, 0.2) is 0 Å². The second kappa shape index (κ2) is 12.4. The Kier molecular flexibility index (Phi) is 7.04. The number of hydrogen-bond donors (Lipinski definition) is 0. The quantitative estimate of drug-likeness (QED) is 0.170. The minimum atomic E-state index is -0.251. The molecule has 0 heterocycles. The molecule has 272 valence electrons. The van der Waals surface area contributed by atoms with E-state index in [1.807, 2.05) is 0 Å². The van der Waals surface area contributed by atoms with Gasteiger partial charge in [-0.05, 0) is 136 Å². The summed E-state index contributed by atoms with van der Waals surface area (Å²) >= 11 is 0. The molecule has 0 aliphatic heterocycles. The summed E-state index contributed by atoms with van der Waals surface area (Å²) in [5.74, 6) is 0. The fraction of sp³-hybridized carbons (Fsp3) is 0.0526. The monoisotopic (exact) mass is 737 g/mol. The van der Waals surface area contributed by atoms with Crippen LogP contribution in [0.4, 0.5) is 17.1 Å². The number of anilines is 3. The molecule has 0 atom stereocenters. The molecule has 0 N–H and O–H groups in total. The Hall–Kier alpha value is -7.22. The van der Waals surface area contributed by atoms with Crippen molar-refractivity contribution in [2.24, 2.45) is 0 Å². The standard InChI is InChI=1S/C57H39N/c1-57(2)49-33-41(58(40-25-10-5-11-26-40)51-30-16-22-36-17-12-13-27-42(36)51)31-32-43(49)46-34-47-48(35-50(46)57)54(39-20-8-4-9-21-39)56-45-29-15-24-37-23-14-28-44(52(37)45)55(56)53(47)38-18-6-3-7-19-38/h3-35H,1-2H3. The van der Waals surface area contributed by atoms with E-state index in [0.29, 0.717) is 0 Å². The van der Waals surface area contributed by atoms with Gasteiger partial charge in [0.2, 0.25) is 0 Å². The average molecular weight is 738 g/mol. The van der Waals surface area contributed by atoms with Crippen molar-refractivity contribution in [2.45, 2.75) is 19.3 Å². The number of fused-ring (bicyclic) bond motifs is 8. The van der Waals surface area contributed by atoms with Gasteiger partial charge in [0.1, 0.15) is 0 Å². The predicted octanol–water partition coefficient (Wildman–Crippen LogP) is 15.9. The molecular weight excluding hydrogens is 699 g/mol. The Morgan fingerprint density at radius 3 is 1.55 bits per heavy atom. The summed E-state index contributed by atoms with van der Waals surface area (Å²) in [4.78, 5) is 2.43. The summed E-state index contributed by atoms with van der Waals surface area (Å²) in [7, 11) is 0. The van der Waals surface area contributed by atoms with Crippen molar-refractivity contribution < 1.29 is 0 Å². The van der Waals surface area contributed by atoms with Crippen LogP contribution in [0.25, 0.3) is 88.0 Å². The topological polar surface area (TPSA) is 3.24 Å². The first-order chi connectivity index (χ1) is 28.6. The summed E-state index contributed by atoms with van der Waals surface area (Å²) in [5.41, 5.74) is 19.0. The summed E-state index contributed by atoms with van der Waals surface area (Å²) in [6, 6.07) is 74.3. The Morgan fingerprint density at radius 1 is 0.345 bits per heavy atom. The van der Waals surface area contributed by atoms with Gasteiger partial charge in [0.25, 0.3) is 0 Å². The fourth-order valence-corrected chi connectivity index (χ4v) is 10.4. The normalized spacial score (nSPS) is 13.1. The van der Waals surface area contributed by atoms with Crippen LogP contribution in [0.2, 0.25) is 0 Å². The maximum Gasteiger partial charge on any atom is 0.0540 e. The van der Waals surface area contributed by atoms with Gasteiger partial charge < -0.3 is 4.90 Å². The summed E-state index contributed by atoms with van der Waals surface area (Å²) in [6.45, 7) is 4.84.